The largest absolute Gasteiger partial charge is 0.363 e. The van der Waals surface area contributed by atoms with Crippen LogP contribution in [0.3, 0.4) is 0 Å². The fourth-order valence-electron chi connectivity index (χ4n) is 1.67. The Labute approximate surface area is 132 Å². The lowest BCUT2D eigenvalue weighted by molar-refractivity contribution is 0.479. The van der Waals surface area contributed by atoms with Crippen LogP contribution in [-0.4, -0.2) is 33.1 Å². The van der Waals surface area contributed by atoms with Gasteiger partial charge in [-0.05, 0) is 26.0 Å². The van der Waals surface area contributed by atoms with Crippen molar-refractivity contribution in [2.24, 2.45) is 4.99 Å². The Bertz CT molecular complexity index is 588. The molecule has 1 heterocycles. The van der Waals surface area contributed by atoms with Crippen molar-refractivity contribution in [2.45, 2.75) is 13.8 Å². The molecule has 0 fully saturated rings. The number of hydrogen-bond acceptors (Lipinski definition) is 4. The lowest BCUT2D eigenvalue weighted by atomic mass is 10.1. The normalized spacial score (nSPS) is 11.2. The minimum Gasteiger partial charge on any atom is -0.363 e. The molecule has 0 bridgehead atoms. The molecule has 0 aliphatic rings. The molecule has 0 N–H and O–H groups in total. The molecule has 0 spiro atoms. The van der Waals surface area contributed by atoms with E-state index in [1.807, 2.05) is 0 Å². The lowest BCUT2D eigenvalue weighted by Crippen LogP contribution is -2.20. The molecule has 1 aromatic carbocycles. The van der Waals surface area contributed by atoms with Crippen molar-refractivity contribution >= 4 is 47.1 Å². The van der Waals surface area contributed by atoms with Crippen molar-refractivity contribution in [3.05, 3.63) is 28.2 Å². The first kappa shape index (κ1) is 15.2. The molecule has 4 nitrogen and oxygen atoms in total. The molecule has 0 atom stereocenters. The molecule has 0 saturated heterocycles. The quantitative estimate of drug-likeness (QED) is 0.598. The van der Waals surface area contributed by atoms with Crippen LogP contribution in [0.4, 0.5) is 5.82 Å². The second-order valence-electron chi connectivity index (χ2n) is 4.00. The van der Waals surface area contributed by atoms with Gasteiger partial charge in [-0.2, -0.15) is 8.75 Å². The van der Waals surface area contributed by atoms with Crippen LogP contribution in [0.15, 0.2) is 23.2 Å². The zero-order valence-electron chi connectivity index (χ0n) is 11.2. The van der Waals surface area contributed by atoms with E-state index in [9.17, 15) is 0 Å². The predicted molar refractivity (Wildman–Crippen MR) is 86.4 cm³/mol. The van der Waals surface area contributed by atoms with E-state index in [4.69, 9.17) is 23.2 Å². The summed E-state index contributed by atoms with van der Waals surface area (Å²) in [4.78, 5) is 6.45. The third-order valence-corrected chi connectivity index (χ3v) is 3.98. The van der Waals surface area contributed by atoms with Gasteiger partial charge in [-0.1, -0.05) is 29.3 Å². The topological polar surface area (TPSA) is 41.4 Å². The minimum atomic E-state index is 0.539. The summed E-state index contributed by atoms with van der Waals surface area (Å²) >= 11 is 13.5. The summed E-state index contributed by atoms with van der Waals surface area (Å²) in [6.45, 7) is 5.92. The minimum absolute atomic E-state index is 0.539. The monoisotopic (exact) mass is 328 g/mol. The van der Waals surface area contributed by atoms with Gasteiger partial charge in [0.1, 0.15) is 5.69 Å². The van der Waals surface area contributed by atoms with Crippen LogP contribution in [0.25, 0.3) is 11.3 Å². The van der Waals surface area contributed by atoms with Gasteiger partial charge in [0.15, 0.2) is 5.82 Å². The maximum atomic E-state index is 6.20. The van der Waals surface area contributed by atoms with E-state index in [2.05, 4.69) is 32.5 Å². The van der Waals surface area contributed by atoms with Crippen molar-refractivity contribution in [3.63, 3.8) is 0 Å². The lowest BCUT2D eigenvalue weighted by Gasteiger charge is -2.13. The molecule has 0 aliphatic heterocycles. The number of halogens is 2. The van der Waals surface area contributed by atoms with E-state index in [1.165, 1.54) is 0 Å². The van der Waals surface area contributed by atoms with Crippen LogP contribution in [-0.2, 0) is 0 Å². The maximum absolute atomic E-state index is 6.20. The van der Waals surface area contributed by atoms with Crippen LogP contribution in [0.2, 0.25) is 10.0 Å². The molecule has 0 unspecified atom stereocenters. The highest BCUT2D eigenvalue weighted by Gasteiger charge is 2.16. The van der Waals surface area contributed by atoms with Gasteiger partial charge in [-0.3, -0.25) is 0 Å². The zero-order chi connectivity index (χ0) is 14.5. The maximum Gasteiger partial charge on any atom is 0.195 e. The van der Waals surface area contributed by atoms with E-state index in [1.54, 1.807) is 24.5 Å². The first-order valence-corrected chi connectivity index (χ1v) is 7.71. The highest BCUT2D eigenvalue weighted by atomic mass is 35.5. The molecule has 0 aliphatic carbocycles. The molecule has 0 saturated carbocycles. The SMILES string of the molecule is CCN(C=Nc1nsnc1-c1c(Cl)cccc1Cl)CC. The Hall–Kier alpha value is -1.17. The number of aliphatic imine (C=N–C) groups is 1. The Morgan fingerprint density at radius 2 is 1.85 bits per heavy atom. The molecule has 7 heteroatoms. The number of aromatic nitrogens is 2. The molecule has 0 radical (unpaired) electrons. The third kappa shape index (κ3) is 3.29. The van der Waals surface area contributed by atoms with Crippen LogP contribution in [0.5, 0.6) is 0 Å². The van der Waals surface area contributed by atoms with Crippen molar-refractivity contribution in [1.29, 1.82) is 0 Å². The Balaban J connectivity index is 2.39. The Kier molecular flexibility index (Phi) is 5.34. The number of nitrogens with zero attached hydrogens (tertiary/aromatic N) is 4. The molecule has 106 valence electrons. The van der Waals surface area contributed by atoms with Gasteiger partial charge in [0, 0.05) is 18.7 Å². The summed E-state index contributed by atoms with van der Waals surface area (Å²) in [7, 11) is 0. The van der Waals surface area contributed by atoms with Gasteiger partial charge in [0.25, 0.3) is 0 Å². The summed E-state index contributed by atoms with van der Waals surface area (Å²) in [5.74, 6) is 0.539. The molecular weight excluding hydrogens is 315 g/mol. The van der Waals surface area contributed by atoms with Gasteiger partial charge >= 0.3 is 0 Å². The third-order valence-electron chi connectivity index (χ3n) is 2.83. The van der Waals surface area contributed by atoms with E-state index in [0.717, 1.165) is 24.8 Å². The van der Waals surface area contributed by atoms with Crippen molar-refractivity contribution in [1.82, 2.24) is 13.6 Å². The summed E-state index contributed by atoms with van der Waals surface area (Å²) in [6, 6.07) is 5.35. The molecule has 1 aromatic heterocycles. The van der Waals surface area contributed by atoms with E-state index in [-0.39, 0.29) is 0 Å². The predicted octanol–water partition coefficient (Wildman–Crippen LogP) is 4.51. The van der Waals surface area contributed by atoms with Gasteiger partial charge in [-0.15, -0.1) is 0 Å². The number of hydrogen-bond donors (Lipinski definition) is 0. The van der Waals surface area contributed by atoms with Crippen LogP contribution >= 0.6 is 34.9 Å². The summed E-state index contributed by atoms with van der Waals surface area (Å²) in [5, 5.41) is 1.09. The molecular formula is C13H14Cl2N4S. The molecule has 0 amide bonds. The van der Waals surface area contributed by atoms with Crippen molar-refractivity contribution in [2.75, 3.05) is 13.1 Å². The first-order chi connectivity index (χ1) is 9.67. The fraction of sp³-hybridized carbons (Fsp3) is 0.308. The summed E-state index contributed by atoms with van der Waals surface area (Å²) < 4.78 is 8.47. The molecule has 20 heavy (non-hydrogen) atoms. The van der Waals surface area contributed by atoms with Crippen LogP contribution in [0.1, 0.15) is 13.8 Å². The molecule has 2 aromatic rings. The average molecular weight is 329 g/mol. The van der Waals surface area contributed by atoms with Gasteiger partial charge in [0.2, 0.25) is 0 Å². The van der Waals surface area contributed by atoms with Gasteiger partial charge in [-0.25, -0.2) is 4.99 Å². The Morgan fingerprint density at radius 1 is 1.20 bits per heavy atom. The standard InChI is InChI=1S/C13H14Cl2N4S/c1-3-19(4-2)8-16-13-12(17-20-18-13)11-9(14)6-5-7-10(11)15/h5-8H,3-4H2,1-2H3. The van der Waals surface area contributed by atoms with E-state index in [0.29, 0.717) is 27.1 Å². The van der Waals surface area contributed by atoms with Crippen LogP contribution < -0.4 is 0 Å². The summed E-state index contributed by atoms with van der Waals surface area (Å²) in [5.41, 5.74) is 1.30. The highest BCUT2D eigenvalue weighted by Crippen LogP contribution is 2.38. The van der Waals surface area contributed by atoms with Crippen molar-refractivity contribution < 1.29 is 0 Å². The number of rotatable bonds is 5. The van der Waals surface area contributed by atoms with Gasteiger partial charge < -0.3 is 4.90 Å². The van der Waals surface area contributed by atoms with E-state index < -0.39 is 0 Å². The van der Waals surface area contributed by atoms with E-state index >= 15 is 0 Å². The van der Waals surface area contributed by atoms with Gasteiger partial charge in [0.05, 0.1) is 28.1 Å². The zero-order valence-corrected chi connectivity index (χ0v) is 13.5. The average Bonchev–Trinajstić information content (AvgIpc) is 2.88. The highest BCUT2D eigenvalue weighted by molar-refractivity contribution is 6.99. The fourth-order valence-corrected chi connectivity index (χ4v) is 2.76. The smallest absolute Gasteiger partial charge is 0.195 e. The second-order valence-corrected chi connectivity index (χ2v) is 5.34. The molecule has 2 rings (SSSR count). The Morgan fingerprint density at radius 3 is 2.45 bits per heavy atom. The number of benzene rings is 1. The second kappa shape index (κ2) is 7.02. The summed E-state index contributed by atoms with van der Waals surface area (Å²) in [6.07, 6.45) is 1.77. The first-order valence-electron chi connectivity index (χ1n) is 6.22. The van der Waals surface area contributed by atoms with Crippen molar-refractivity contribution in [3.8, 4) is 11.3 Å². The van der Waals surface area contributed by atoms with Crippen LogP contribution in [0, 0.1) is 0 Å².